The van der Waals surface area contributed by atoms with E-state index in [4.69, 9.17) is 29.2 Å². The van der Waals surface area contributed by atoms with Gasteiger partial charge in [-0.05, 0) is 58.3 Å². The lowest BCUT2D eigenvalue weighted by Gasteiger charge is -2.20. The highest BCUT2D eigenvalue weighted by molar-refractivity contribution is 7.99. The van der Waals surface area contributed by atoms with E-state index in [1.54, 1.807) is 13.8 Å². The Morgan fingerprint density at radius 3 is 1.80 bits per heavy atom. The molecule has 0 heterocycles. The topological polar surface area (TPSA) is 180 Å². The summed E-state index contributed by atoms with van der Waals surface area (Å²) in [6.45, 7) is 15.7. The van der Waals surface area contributed by atoms with Crippen molar-refractivity contribution in [2.45, 2.75) is 105 Å². The Labute approximate surface area is 296 Å². The molecule has 0 aliphatic rings. The number of hydrogen-bond donors (Lipinski definition) is 2. The first kappa shape index (κ1) is 47.8. The number of thioether (sulfide) groups is 1. The van der Waals surface area contributed by atoms with Crippen molar-refractivity contribution in [3.05, 3.63) is 25.3 Å². The Hall–Kier alpha value is -3.35. The number of carbonyl (C=O) groups excluding carboxylic acids is 4. The first-order valence-electron chi connectivity index (χ1n) is 17.0. The number of methoxy groups -OCH3 is 1. The van der Waals surface area contributed by atoms with Crippen LogP contribution >= 0.6 is 11.8 Å². The molecule has 49 heavy (non-hydrogen) atoms. The van der Waals surface area contributed by atoms with Crippen LogP contribution in [-0.2, 0) is 47.7 Å². The molecule has 0 saturated carbocycles. The molecule has 0 amide bonds. The van der Waals surface area contributed by atoms with Crippen LogP contribution in [0, 0.1) is 23.2 Å². The van der Waals surface area contributed by atoms with Crippen LogP contribution in [0.25, 0.3) is 0 Å². The second-order valence-electron chi connectivity index (χ2n) is 12.3. The maximum Gasteiger partial charge on any atom is 0.312 e. The molecule has 3 atom stereocenters. The van der Waals surface area contributed by atoms with Crippen LogP contribution in [-0.4, -0.2) is 84.5 Å². The van der Waals surface area contributed by atoms with Gasteiger partial charge in [0.05, 0.1) is 50.4 Å². The van der Waals surface area contributed by atoms with Gasteiger partial charge in [0.25, 0.3) is 0 Å². The fraction of sp³-hybridized carbons (Fsp3) is 0.722. The molecule has 0 rings (SSSR count). The van der Waals surface area contributed by atoms with Gasteiger partial charge in [-0.2, -0.15) is 11.8 Å². The zero-order valence-electron chi connectivity index (χ0n) is 30.2. The highest BCUT2D eigenvalue weighted by atomic mass is 32.2. The van der Waals surface area contributed by atoms with E-state index in [1.807, 2.05) is 0 Å². The molecule has 12 nitrogen and oxygen atoms in total. The third kappa shape index (κ3) is 26.2. The maximum absolute atomic E-state index is 11.8. The summed E-state index contributed by atoms with van der Waals surface area (Å²) in [7, 11) is 1.35. The molecule has 0 aliphatic heterocycles. The van der Waals surface area contributed by atoms with E-state index in [-0.39, 0.29) is 50.8 Å². The van der Waals surface area contributed by atoms with E-state index in [0.717, 1.165) is 32.1 Å². The molecule has 13 heteroatoms. The average molecular weight is 717 g/mol. The monoisotopic (exact) mass is 716 g/mol. The van der Waals surface area contributed by atoms with Crippen molar-refractivity contribution in [2.24, 2.45) is 23.2 Å². The standard InChI is InChI=1S/C21H36O6.C15H24O6S/c1-4-7-12-17(6-3)16-27-19(22)13-9-8-10-14-26-20(23)15-18(11-5-2)21(24)25;1-5-6-11(13(17)18)9-12(16)21-7-8-22-10-15(2,3)14(19)20-4/h5,17-18H,2,4,6-16H2,1,3H3,(H,24,25);5,11H,1,6-10H2,2-4H3,(H,17,18). The molecule has 0 spiro atoms. The zero-order valence-corrected chi connectivity index (χ0v) is 31.0. The number of carboxylic acids is 2. The van der Waals surface area contributed by atoms with Crippen LogP contribution in [0.2, 0.25) is 0 Å². The first-order chi connectivity index (χ1) is 23.2. The number of rotatable bonds is 28. The fourth-order valence-corrected chi connectivity index (χ4v) is 5.23. The minimum Gasteiger partial charge on any atom is -0.481 e. The van der Waals surface area contributed by atoms with Gasteiger partial charge in [-0.15, -0.1) is 13.2 Å². The van der Waals surface area contributed by atoms with E-state index in [2.05, 4.69) is 27.0 Å². The highest BCUT2D eigenvalue weighted by Gasteiger charge is 2.28. The van der Waals surface area contributed by atoms with Crippen molar-refractivity contribution < 1.29 is 57.9 Å². The minimum atomic E-state index is -1.04. The maximum atomic E-state index is 11.8. The summed E-state index contributed by atoms with van der Waals surface area (Å²) < 4.78 is 20.1. The molecular weight excluding hydrogens is 656 g/mol. The molecule has 0 aromatic rings. The summed E-state index contributed by atoms with van der Waals surface area (Å²) in [6, 6.07) is 0. The van der Waals surface area contributed by atoms with E-state index in [9.17, 15) is 28.8 Å². The number of carbonyl (C=O) groups is 6. The SMILES string of the molecule is C=CCC(CC(=O)OCCCCCC(=O)OCC(CC)CCCC)C(=O)O.C=CCC(CC(=O)OCCSCC(C)(C)C(=O)OC)C(=O)O. The van der Waals surface area contributed by atoms with Crippen LogP contribution in [0.1, 0.15) is 105 Å². The van der Waals surface area contributed by atoms with Gasteiger partial charge < -0.3 is 29.2 Å². The van der Waals surface area contributed by atoms with Crippen LogP contribution in [0.15, 0.2) is 25.3 Å². The van der Waals surface area contributed by atoms with E-state index < -0.39 is 41.1 Å². The molecule has 0 aliphatic carbocycles. The van der Waals surface area contributed by atoms with Crippen molar-refractivity contribution in [1.29, 1.82) is 0 Å². The molecule has 3 unspecified atom stereocenters. The van der Waals surface area contributed by atoms with E-state index >= 15 is 0 Å². The van der Waals surface area contributed by atoms with Crippen LogP contribution in [0.5, 0.6) is 0 Å². The van der Waals surface area contributed by atoms with Gasteiger partial charge in [0, 0.05) is 17.9 Å². The number of aliphatic carboxylic acids is 2. The second-order valence-corrected chi connectivity index (χ2v) is 13.4. The number of ether oxygens (including phenoxy) is 4. The van der Waals surface area contributed by atoms with Gasteiger partial charge in [-0.1, -0.05) is 45.3 Å². The normalized spacial score (nSPS) is 12.6. The molecule has 0 bridgehead atoms. The molecule has 0 radical (unpaired) electrons. The first-order valence-corrected chi connectivity index (χ1v) is 18.1. The zero-order chi connectivity index (χ0) is 37.7. The Kier molecular flexibility index (Phi) is 28.8. The fourth-order valence-electron chi connectivity index (χ4n) is 4.26. The van der Waals surface area contributed by atoms with Crippen molar-refractivity contribution in [2.75, 3.05) is 38.4 Å². The van der Waals surface area contributed by atoms with Crippen molar-refractivity contribution in [3.8, 4) is 0 Å². The largest absolute Gasteiger partial charge is 0.481 e. The predicted molar refractivity (Wildman–Crippen MR) is 189 cm³/mol. The lowest BCUT2D eigenvalue weighted by molar-refractivity contribution is -0.151. The average Bonchev–Trinajstić information content (AvgIpc) is 3.05. The summed E-state index contributed by atoms with van der Waals surface area (Å²) >= 11 is 1.47. The molecule has 0 saturated heterocycles. The Bertz CT molecular complexity index is 1010. The summed E-state index contributed by atoms with van der Waals surface area (Å²) in [5, 5.41) is 17.9. The molecule has 282 valence electrons. The summed E-state index contributed by atoms with van der Waals surface area (Å²) in [5.74, 6) is -3.62. The molecule has 0 fully saturated rings. The Balaban J connectivity index is 0. The van der Waals surface area contributed by atoms with Gasteiger partial charge in [0.15, 0.2) is 0 Å². The van der Waals surface area contributed by atoms with Crippen LogP contribution in [0.3, 0.4) is 0 Å². The summed E-state index contributed by atoms with van der Waals surface area (Å²) in [4.78, 5) is 68.3. The summed E-state index contributed by atoms with van der Waals surface area (Å²) in [5.41, 5.74) is -0.595. The second kappa shape index (κ2) is 29.6. The third-order valence-electron chi connectivity index (χ3n) is 7.43. The van der Waals surface area contributed by atoms with Gasteiger partial charge >= 0.3 is 35.8 Å². The Morgan fingerprint density at radius 1 is 0.776 bits per heavy atom. The molecule has 0 aromatic heterocycles. The highest BCUT2D eigenvalue weighted by Crippen LogP contribution is 2.23. The number of allylic oxidation sites excluding steroid dienone is 2. The van der Waals surface area contributed by atoms with Gasteiger partial charge in [0.1, 0.15) is 6.61 Å². The molecule has 0 aromatic carbocycles. The lowest BCUT2D eigenvalue weighted by Crippen LogP contribution is -2.28. The molecule has 2 N–H and O–H groups in total. The van der Waals surface area contributed by atoms with Crippen molar-refractivity contribution in [3.63, 3.8) is 0 Å². The van der Waals surface area contributed by atoms with Gasteiger partial charge in [0.2, 0.25) is 0 Å². The predicted octanol–water partition coefficient (Wildman–Crippen LogP) is 6.65. The number of esters is 4. The van der Waals surface area contributed by atoms with Crippen molar-refractivity contribution in [1.82, 2.24) is 0 Å². The van der Waals surface area contributed by atoms with Gasteiger partial charge in [-0.25, -0.2) is 0 Å². The quantitative estimate of drug-likeness (QED) is 0.0381. The lowest BCUT2D eigenvalue weighted by atomic mass is 9.97. The van der Waals surface area contributed by atoms with Crippen LogP contribution < -0.4 is 0 Å². The van der Waals surface area contributed by atoms with Crippen LogP contribution in [0.4, 0.5) is 0 Å². The number of unbranched alkanes of at least 4 members (excludes halogenated alkanes) is 3. The minimum absolute atomic E-state index is 0.149. The summed E-state index contributed by atoms with van der Waals surface area (Å²) in [6.07, 6.45) is 10.0. The smallest absolute Gasteiger partial charge is 0.312 e. The Morgan fingerprint density at radius 2 is 1.33 bits per heavy atom. The van der Waals surface area contributed by atoms with Gasteiger partial charge in [-0.3, -0.25) is 28.8 Å². The van der Waals surface area contributed by atoms with Crippen molar-refractivity contribution >= 4 is 47.6 Å². The van der Waals surface area contributed by atoms with E-state index in [0.29, 0.717) is 43.3 Å². The third-order valence-corrected chi connectivity index (χ3v) is 8.81. The van der Waals surface area contributed by atoms with E-state index in [1.165, 1.54) is 31.0 Å². The number of hydrogen-bond acceptors (Lipinski definition) is 11. The number of carboxylic acid groups (broad SMARTS) is 2. The molecular formula is C36H60O12S.